The smallest absolute Gasteiger partial charge is 0.189 e. The molecule has 4 heteroatoms. The van der Waals surface area contributed by atoms with Crippen LogP contribution in [0.15, 0.2) is 4.99 Å². The largest absolute Gasteiger partial charge is 0.370 e. The molecule has 1 aliphatic heterocycles. The Morgan fingerprint density at radius 1 is 1.16 bits per heavy atom. The molecule has 0 radical (unpaired) electrons. The summed E-state index contributed by atoms with van der Waals surface area (Å²) in [5.41, 5.74) is 6.05. The molecule has 0 amide bonds. The highest BCUT2D eigenvalue weighted by molar-refractivity contribution is 5.78. The fourth-order valence-corrected chi connectivity index (χ4v) is 3.28. The quantitative estimate of drug-likeness (QED) is 0.605. The topological polar surface area (TPSA) is 53.6 Å². The highest BCUT2D eigenvalue weighted by Gasteiger charge is 2.19. The lowest BCUT2D eigenvalue weighted by atomic mass is 9.96. The predicted molar refractivity (Wildman–Crippen MR) is 81.4 cm³/mol. The fraction of sp³-hybridized carbons (Fsp3) is 0.933. The lowest BCUT2D eigenvalue weighted by Crippen LogP contribution is -2.43. The number of guanidine groups is 1. The van der Waals surface area contributed by atoms with Crippen LogP contribution in [0.25, 0.3) is 0 Å². The van der Waals surface area contributed by atoms with E-state index in [-0.39, 0.29) is 0 Å². The summed E-state index contributed by atoms with van der Waals surface area (Å²) in [5, 5.41) is 3.42. The van der Waals surface area contributed by atoms with Gasteiger partial charge in [0.1, 0.15) is 0 Å². The summed E-state index contributed by atoms with van der Waals surface area (Å²) in [7, 11) is 0. The molecule has 19 heavy (non-hydrogen) atoms. The van der Waals surface area contributed by atoms with Gasteiger partial charge in [-0.2, -0.15) is 0 Å². The summed E-state index contributed by atoms with van der Waals surface area (Å²) in [5.74, 6) is 0.681. The molecule has 2 aliphatic rings. The van der Waals surface area contributed by atoms with Crippen molar-refractivity contribution in [3.63, 3.8) is 0 Å². The number of rotatable bonds is 4. The minimum Gasteiger partial charge on any atom is -0.370 e. The van der Waals surface area contributed by atoms with Crippen LogP contribution in [0.1, 0.15) is 58.3 Å². The maximum absolute atomic E-state index is 6.05. The van der Waals surface area contributed by atoms with Gasteiger partial charge in [-0.15, -0.1) is 0 Å². The third-order valence-corrected chi connectivity index (χ3v) is 4.38. The van der Waals surface area contributed by atoms with Gasteiger partial charge < -0.3 is 16.0 Å². The van der Waals surface area contributed by atoms with E-state index in [1.807, 2.05) is 0 Å². The van der Waals surface area contributed by atoms with Gasteiger partial charge in [0.25, 0.3) is 0 Å². The van der Waals surface area contributed by atoms with Gasteiger partial charge in [-0.3, -0.25) is 4.99 Å². The maximum Gasteiger partial charge on any atom is 0.189 e. The summed E-state index contributed by atoms with van der Waals surface area (Å²) in [6.45, 7) is 5.83. The Bertz CT molecular complexity index is 276. The Morgan fingerprint density at radius 2 is 1.84 bits per heavy atom. The molecule has 0 spiro atoms. The van der Waals surface area contributed by atoms with Gasteiger partial charge in [-0.25, -0.2) is 0 Å². The second-order valence-electron chi connectivity index (χ2n) is 6.07. The average Bonchev–Trinajstić information content (AvgIpc) is 2.42. The third-order valence-electron chi connectivity index (χ3n) is 4.38. The number of hydrogen-bond acceptors (Lipinski definition) is 2. The number of nitrogens with two attached hydrogens (primary N) is 1. The Balaban J connectivity index is 1.71. The van der Waals surface area contributed by atoms with Crippen molar-refractivity contribution in [2.75, 3.05) is 19.6 Å². The standard InChI is InChI=1S/C15H30N4/c1-2-10-19-11-8-14(9-12-19)18-15(16)17-13-6-4-3-5-7-13/h13-14H,2-12H2,1H3,(H3,16,17,18). The molecular weight excluding hydrogens is 236 g/mol. The molecule has 1 saturated carbocycles. The normalized spacial score (nSPS) is 24.6. The van der Waals surface area contributed by atoms with Crippen LogP contribution in [0.5, 0.6) is 0 Å². The van der Waals surface area contributed by atoms with Gasteiger partial charge >= 0.3 is 0 Å². The monoisotopic (exact) mass is 266 g/mol. The van der Waals surface area contributed by atoms with E-state index in [4.69, 9.17) is 5.73 Å². The maximum atomic E-state index is 6.05. The predicted octanol–water partition coefficient (Wildman–Crippen LogP) is 2.10. The van der Waals surface area contributed by atoms with E-state index in [9.17, 15) is 0 Å². The van der Waals surface area contributed by atoms with Crippen molar-refractivity contribution in [3.8, 4) is 0 Å². The van der Waals surface area contributed by atoms with Crippen LogP contribution in [0.2, 0.25) is 0 Å². The zero-order valence-electron chi connectivity index (χ0n) is 12.4. The summed E-state index contributed by atoms with van der Waals surface area (Å²) in [6, 6.07) is 1.00. The van der Waals surface area contributed by atoms with E-state index in [0.29, 0.717) is 18.0 Å². The second kappa shape index (κ2) is 7.73. The average molecular weight is 266 g/mol. The molecule has 4 nitrogen and oxygen atoms in total. The van der Waals surface area contributed by atoms with Crippen molar-refractivity contribution in [2.45, 2.75) is 70.4 Å². The van der Waals surface area contributed by atoms with Crippen LogP contribution in [0, 0.1) is 0 Å². The zero-order chi connectivity index (χ0) is 13.5. The Hall–Kier alpha value is -0.770. The highest BCUT2D eigenvalue weighted by Crippen LogP contribution is 2.17. The summed E-state index contributed by atoms with van der Waals surface area (Å²) < 4.78 is 0. The minimum atomic E-state index is 0.434. The molecule has 1 aliphatic carbocycles. The van der Waals surface area contributed by atoms with Gasteiger partial charge in [0.05, 0.1) is 6.04 Å². The van der Waals surface area contributed by atoms with Gasteiger partial charge in [0.2, 0.25) is 0 Å². The fourth-order valence-electron chi connectivity index (χ4n) is 3.28. The van der Waals surface area contributed by atoms with Gasteiger partial charge in [-0.1, -0.05) is 26.2 Å². The molecule has 0 unspecified atom stereocenters. The molecule has 0 aromatic carbocycles. The SMILES string of the molecule is CCCN1CCC(N=C(N)NC2CCCCC2)CC1. The van der Waals surface area contributed by atoms with Crippen LogP contribution < -0.4 is 11.1 Å². The minimum absolute atomic E-state index is 0.434. The first kappa shape index (κ1) is 14.6. The molecule has 0 atom stereocenters. The van der Waals surface area contributed by atoms with Gasteiger partial charge in [0, 0.05) is 19.1 Å². The molecule has 3 N–H and O–H groups in total. The molecule has 2 fully saturated rings. The Morgan fingerprint density at radius 3 is 2.47 bits per heavy atom. The number of nitrogens with zero attached hydrogens (tertiary/aromatic N) is 2. The lowest BCUT2D eigenvalue weighted by Gasteiger charge is -2.30. The molecule has 110 valence electrons. The van der Waals surface area contributed by atoms with Crippen molar-refractivity contribution >= 4 is 5.96 Å². The van der Waals surface area contributed by atoms with Crippen molar-refractivity contribution in [1.82, 2.24) is 10.2 Å². The van der Waals surface area contributed by atoms with E-state index in [2.05, 4.69) is 22.1 Å². The lowest BCUT2D eigenvalue weighted by molar-refractivity contribution is 0.214. The van der Waals surface area contributed by atoms with Crippen LogP contribution in [0.3, 0.4) is 0 Å². The van der Waals surface area contributed by atoms with Crippen molar-refractivity contribution in [3.05, 3.63) is 0 Å². The van der Waals surface area contributed by atoms with E-state index in [1.54, 1.807) is 0 Å². The van der Waals surface area contributed by atoms with E-state index < -0.39 is 0 Å². The van der Waals surface area contributed by atoms with E-state index in [0.717, 1.165) is 12.8 Å². The Labute approximate surface area is 117 Å². The number of hydrogen-bond donors (Lipinski definition) is 2. The van der Waals surface area contributed by atoms with Gasteiger partial charge in [-0.05, 0) is 38.6 Å². The van der Waals surface area contributed by atoms with Crippen molar-refractivity contribution < 1.29 is 0 Å². The first-order valence-electron chi connectivity index (χ1n) is 8.10. The van der Waals surface area contributed by atoms with Crippen LogP contribution in [-0.2, 0) is 0 Å². The van der Waals surface area contributed by atoms with Crippen LogP contribution >= 0.6 is 0 Å². The highest BCUT2D eigenvalue weighted by atomic mass is 15.2. The van der Waals surface area contributed by atoms with Gasteiger partial charge in [0.15, 0.2) is 5.96 Å². The molecule has 2 rings (SSSR count). The number of nitrogens with one attached hydrogen (secondary N) is 1. The first-order chi connectivity index (χ1) is 9.28. The summed E-state index contributed by atoms with van der Waals surface area (Å²) in [4.78, 5) is 7.22. The molecule has 0 aromatic rings. The molecule has 1 heterocycles. The molecular formula is C15H30N4. The Kier molecular flexibility index (Phi) is 5.95. The summed E-state index contributed by atoms with van der Waals surface area (Å²) in [6.07, 6.45) is 10.1. The van der Waals surface area contributed by atoms with Crippen molar-refractivity contribution in [1.29, 1.82) is 0 Å². The summed E-state index contributed by atoms with van der Waals surface area (Å²) >= 11 is 0. The molecule has 0 bridgehead atoms. The number of likely N-dealkylation sites (tertiary alicyclic amines) is 1. The third kappa shape index (κ3) is 5.01. The first-order valence-corrected chi connectivity index (χ1v) is 8.10. The van der Waals surface area contributed by atoms with Crippen molar-refractivity contribution in [2.24, 2.45) is 10.7 Å². The van der Waals surface area contributed by atoms with Crippen LogP contribution in [-0.4, -0.2) is 42.6 Å². The number of aliphatic imine (C=N–C) groups is 1. The zero-order valence-corrected chi connectivity index (χ0v) is 12.4. The van der Waals surface area contributed by atoms with E-state index >= 15 is 0 Å². The number of piperidine rings is 1. The molecule has 1 saturated heterocycles. The second-order valence-corrected chi connectivity index (χ2v) is 6.07. The van der Waals surface area contributed by atoms with E-state index in [1.165, 1.54) is 58.2 Å². The molecule has 0 aromatic heterocycles. The van der Waals surface area contributed by atoms with Crippen LogP contribution in [0.4, 0.5) is 0 Å².